The quantitative estimate of drug-likeness (QED) is 0.167. The van der Waals surface area contributed by atoms with Gasteiger partial charge in [-0.15, -0.1) is 0 Å². The van der Waals surface area contributed by atoms with Gasteiger partial charge in [-0.05, 0) is 160 Å². The highest BCUT2D eigenvalue weighted by atomic mass is 15.1. The van der Waals surface area contributed by atoms with E-state index in [0.29, 0.717) is 0 Å². The summed E-state index contributed by atoms with van der Waals surface area (Å²) in [5.41, 5.74) is 19.1. The molecule has 58 heavy (non-hydrogen) atoms. The summed E-state index contributed by atoms with van der Waals surface area (Å²) in [6.45, 7) is 0. The van der Waals surface area contributed by atoms with Gasteiger partial charge in [-0.2, -0.15) is 0 Å². The Morgan fingerprint density at radius 2 is 0.741 bits per heavy atom. The normalized spacial score (nSPS) is 16.3. The van der Waals surface area contributed by atoms with Crippen LogP contribution in [0.15, 0.2) is 182 Å². The van der Waals surface area contributed by atoms with Gasteiger partial charge in [0.05, 0.1) is 0 Å². The summed E-state index contributed by atoms with van der Waals surface area (Å²) in [5.74, 6) is 0. The molecule has 2 nitrogen and oxygen atoms in total. The van der Waals surface area contributed by atoms with Crippen LogP contribution < -0.4 is 9.80 Å². The fourth-order valence-electron chi connectivity index (χ4n) is 11.9. The van der Waals surface area contributed by atoms with Gasteiger partial charge >= 0.3 is 0 Å². The number of rotatable bonds is 6. The second kappa shape index (κ2) is 13.1. The Kier molecular flexibility index (Phi) is 7.61. The summed E-state index contributed by atoms with van der Waals surface area (Å²) >= 11 is 0. The lowest BCUT2D eigenvalue weighted by atomic mass is 9.64. The van der Waals surface area contributed by atoms with Crippen LogP contribution in [0, 0.1) is 0 Å². The van der Waals surface area contributed by atoms with Gasteiger partial charge in [0.15, 0.2) is 0 Å². The maximum absolute atomic E-state index is 2.69. The Balaban J connectivity index is 1.08. The van der Waals surface area contributed by atoms with Gasteiger partial charge < -0.3 is 9.80 Å². The Morgan fingerprint density at radius 3 is 1.22 bits per heavy atom. The molecule has 0 N–H and O–H groups in total. The van der Waals surface area contributed by atoms with E-state index in [1.165, 1.54) is 130 Å². The molecule has 4 aliphatic rings. The molecule has 4 aliphatic carbocycles. The van der Waals surface area contributed by atoms with Gasteiger partial charge in [0, 0.05) is 45.0 Å². The van der Waals surface area contributed by atoms with E-state index in [9.17, 15) is 0 Å². The Hall–Kier alpha value is -6.38. The largest absolute Gasteiger partial charge is 0.310 e. The molecule has 0 aromatic heterocycles. The summed E-state index contributed by atoms with van der Waals surface area (Å²) in [6.07, 6.45) is 9.80. The topological polar surface area (TPSA) is 6.48 Å². The predicted molar refractivity (Wildman–Crippen MR) is 243 cm³/mol. The van der Waals surface area contributed by atoms with Gasteiger partial charge in [-0.1, -0.05) is 129 Å². The molecule has 0 heterocycles. The Bertz CT molecular complexity index is 2750. The van der Waals surface area contributed by atoms with Crippen molar-refractivity contribution in [2.24, 2.45) is 0 Å². The van der Waals surface area contributed by atoms with Crippen molar-refractivity contribution >= 4 is 44.9 Å². The molecule has 280 valence electrons. The molecule has 2 spiro atoms. The van der Waals surface area contributed by atoms with Crippen molar-refractivity contribution < 1.29 is 0 Å². The number of fused-ring (bicyclic) bond motifs is 10. The highest BCUT2D eigenvalue weighted by molar-refractivity contribution is 6.13. The SMILES string of the molecule is c1ccc(N(c2ccccc2)c2ccc3c(c2)C2(CCCC2)c2cc4c5c(cccc5c2-3)C2(CCCC2)c2cc(N(c3ccccc3)c3ccccc3)ccc2-4)cc1. The molecule has 2 fully saturated rings. The van der Waals surface area contributed by atoms with Crippen LogP contribution in [0.3, 0.4) is 0 Å². The fourth-order valence-corrected chi connectivity index (χ4v) is 11.9. The molecular weight excluding hydrogens is 701 g/mol. The summed E-state index contributed by atoms with van der Waals surface area (Å²) in [7, 11) is 0. The smallest absolute Gasteiger partial charge is 0.0465 e. The molecular formula is C56H46N2. The first-order valence-corrected chi connectivity index (χ1v) is 21.4. The average molecular weight is 747 g/mol. The highest BCUT2D eigenvalue weighted by Crippen LogP contribution is 2.64. The number of benzene rings is 8. The van der Waals surface area contributed by atoms with E-state index in [1.54, 1.807) is 11.1 Å². The molecule has 0 saturated heterocycles. The highest BCUT2D eigenvalue weighted by Gasteiger charge is 2.49. The summed E-state index contributed by atoms with van der Waals surface area (Å²) < 4.78 is 0. The standard InChI is InChI=1S/C56H46N2/c1-5-18-39(19-6-1)57(40-20-7-2-8-21-40)43-28-30-45-48-38-52-53(47-26-17-27-49(54(47)48)55(50(45)36-43)32-13-14-33-55)46-31-29-44(37-51(46)56(52)34-15-16-35-56)58(41-22-9-3-10-23-41)42-24-11-4-12-25-42/h1-12,17-31,36-38H,13-16,32-35H2. The van der Waals surface area contributed by atoms with E-state index in [2.05, 4.69) is 192 Å². The number of anilines is 6. The zero-order chi connectivity index (χ0) is 38.3. The average Bonchev–Trinajstić information content (AvgIpc) is 4.05. The first kappa shape index (κ1) is 33.7. The zero-order valence-electron chi connectivity index (χ0n) is 32.9. The van der Waals surface area contributed by atoms with Gasteiger partial charge in [-0.3, -0.25) is 0 Å². The molecule has 12 rings (SSSR count). The van der Waals surface area contributed by atoms with Crippen LogP contribution in [0.1, 0.15) is 73.6 Å². The summed E-state index contributed by atoms with van der Waals surface area (Å²) in [6, 6.07) is 68.4. The minimum Gasteiger partial charge on any atom is -0.310 e. The van der Waals surface area contributed by atoms with Gasteiger partial charge in [-0.25, -0.2) is 0 Å². The van der Waals surface area contributed by atoms with Crippen molar-refractivity contribution in [3.63, 3.8) is 0 Å². The predicted octanol–water partition coefficient (Wildman–Crippen LogP) is 15.5. The van der Waals surface area contributed by atoms with Gasteiger partial charge in [0.1, 0.15) is 0 Å². The monoisotopic (exact) mass is 746 g/mol. The van der Waals surface area contributed by atoms with Crippen molar-refractivity contribution in [2.75, 3.05) is 9.80 Å². The maximum Gasteiger partial charge on any atom is 0.0465 e. The first-order valence-electron chi connectivity index (χ1n) is 21.4. The molecule has 0 unspecified atom stereocenters. The lowest BCUT2D eigenvalue weighted by molar-refractivity contribution is 0.538. The lowest BCUT2D eigenvalue weighted by Gasteiger charge is -2.40. The molecule has 2 heteroatoms. The van der Waals surface area contributed by atoms with Crippen molar-refractivity contribution in [3.05, 3.63) is 204 Å². The Morgan fingerprint density at radius 1 is 0.310 bits per heavy atom. The second-order valence-electron chi connectivity index (χ2n) is 17.1. The van der Waals surface area contributed by atoms with E-state index in [1.807, 2.05) is 0 Å². The van der Waals surface area contributed by atoms with Gasteiger partial charge in [0.25, 0.3) is 0 Å². The van der Waals surface area contributed by atoms with Crippen molar-refractivity contribution in [1.29, 1.82) is 0 Å². The minimum atomic E-state index is -0.00661. The van der Waals surface area contributed by atoms with E-state index in [-0.39, 0.29) is 10.8 Å². The number of hydrogen-bond acceptors (Lipinski definition) is 2. The number of hydrogen-bond donors (Lipinski definition) is 0. The molecule has 0 atom stereocenters. The van der Waals surface area contributed by atoms with Crippen LogP contribution in [0.5, 0.6) is 0 Å². The van der Waals surface area contributed by atoms with Crippen molar-refractivity contribution in [3.8, 4) is 22.3 Å². The fraction of sp³-hybridized carbons (Fsp3) is 0.179. The third kappa shape index (κ3) is 4.84. The summed E-state index contributed by atoms with van der Waals surface area (Å²) in [5, 5.41) is 2.94. The van der Waals surface area contributed by atoms with Crippen LogP contribution in [0.4, 0.5) is 34.1 Å². The molecule has 8 aromatic rings. The van der Waals surface area contributed by atoms with Crippen LogP contribution in [-0.4, -0.2) is 0 Å². The molecule has 8 aromatic carbocycles. The Labute approximate surface area is 342 Å². The lowest BCUT2D eigenvalue weighted by Crippen LogP contribution is -2.28. The molecule has 0 radical (unpaired) electrons. The van der Waals surface area contributed by atoms with Crippen LogP contribution >= 0.6 is 0 Å². The van der Waals surface area contributed by atoms with Crippen LogP contribution in [-0.2, 0) is 10.8 Å². The van der Waals surface area contributed by atoms with E-state index >= 15 is 0 Å². The van der Waals surface area contributed by atoms with Crippen LogP contribution in [0.25, 0.3) is 33.0 Å². The van der Waals surface area contributed by atoms with Gasteiger partial charge in [0.2, 0.25) is 0 Å². The molecule has 0 amide bonds. The first-order chi connectivity index (χ1) is 28.7. The number of nitrogens with zero attached hydrogens (tertiary/aromatic N) is 2. The third-order valence-corrected chi connectivity index (χ3v) is 14.3. The molecule has 0 bridgehead atoms. The van der Waals surface area contributed by atoms with Crippen molar-refractivity contribution in [1.82, 2.24) is 0 Å². The zero-order valence-corrected chi connectivity index (χ0v) is 32.9. The summed E-state index contributed by atoms with van der Waals surface area (Å²) in [4.78, 5) is 4.88. The maximum atomic E-state index is 2.69. The third-order valence-electron chi connectivity index (χ3n) is 14.3. The molecule has 2 saturated carbocycles. The number of para-hydroxylation sites is 4. The second-order valence-corrected chi connectivity index (χ2v) is 17.1. The van der Waals surface area contributed by atoms with E-state index in [0.717, 1.165) is 0 Å². The van der Waals surface area contributed by atoms with Crippen LogP contribution in [0.2, 0.25) is 0 Å². The molecule has 0 aliphatic heterocycles. The minimum absolute atomic E-state index is 0.000428. The van der Waals surface area contributed by atoms with E-state index < -0.39 is 0 Å². The van der Waals surface area contributed by atoms with E-state index in [4.69, 9.17) is 0 Å². The van der Waals surface area contributed by atoms with Crippen molar-refractivity contribution in [2.45, 2.75) is 62.2 Å².